The van der Waals surface area contributed by atoms with Crippen molar-refractivity contribution in [1.82, 2.24) is 0 Å². The third-order valence-corrected chi connectivity index (χ3v) is 5.84. The summed E-state index contributed by atoms with van der Waals surface area (Å²) >= 11 is 0. The molecule has 0 aliphatic heterocycles. The lowest BCUT2D eigenvalue weighted by molar-refractivity contribution is 0.308. The highest BCUT2D eigenvalue weighted by Crippen LogP contribution is 2.28. The van der Waals surface area contributed by atoms with Crippen LogP contribution < -0.4 is 4.74 Å². The minimum absolute atomic E-state index is 0.743. The third-order valence-electron chi connectivity index (χ3n) is 5.84. The molecular formula is C31H36O. The average Bonchev–Trinajstić information content (AvgIpc) is 2.83. The van der Waals surface area contributed by atoms with Crippen molar-refractivity contribution in [3.8, 4) is 5.75 Å². The van der Waals surface area contributed by atoms with E-state index >= 15 is 0 Å². The largest absolute Gasteiger partial charge is 0.493 e. The van der Waals surface area contributed by atoms with E-state index in [1.165, 1.54) is 33.4 Å². The molecule has 0 N–H and O–H groups in total. The number of aryl methyl sites for hydroxylation is 3. The predicted molar refractivity (Wildman–Crippen MR) is 141 cm³/mol. The van der Waals surface area contributed by atoms with Gasteiger partial charge in [-0.05, 0) is 71.7 Å². The monoisotopic (exact) mass is 424 g/mol. The van der Waals surface area contributed by atoms with Gasteiger partial charge in [-0.2, -0.15) is 0 Å². The molecule has 3 aromatic carbocycles. The normalized spacial score (nSPS) is 11.5. The Hall–Kier alpha value is -3.06. The summed E-state index contributed by atoms with van der Waals surface area (Å²) in [7, 11) is 0. The molecule has 0 atom stereocenters. The molecule has 0 aromatic heterocycles. The lowest BCUT2D eigenvalue weighted by Crippen LogP contribution is -1.99. The molecule has 32 heavy (non-hydrogen) atoms. The highest BCUT2D eigenvalue weighted by Gasteiger charge is 2.06. The van der Waals surface area contributed by atoms with Crippen molar-refractivity contribution in [2.24, 2.45) is 0 Å². The van der Waals surface area contributed by atoms with Crippen LogP contribution in [-0.4, -0.2) is 6.61 Å². The van der Waals surface area contributed by atoms with E-state index in [0.717, 1.165) is 43.6 Å². The number of unbranched alkanes of at least 4 members (excludes halogenated alkanes) is 1. The number of rotatable bonds is 10. The van der Waals surface area contributed by atoms with Gasteiger partial charge in [0.05, 0.1) is 6.61 Å². The van der Waals surface area contributed by atoms with Gasteiger partial charge in [-0.1, -0.05) is 100 Å². The van der Waals surface area contributed by atoms with Gasteiger partial charge in [0.15, 0.2) is 0 Å². The van der Waals surface area contributed by atoms with Gasteiger partial charge < -0.3 is 4.74 Å². The summed E-state index contributed by atoms with van der Waals surface area (Å²) in [5.74, 6) is 0.950. The molecule has 166 valence electrons. The van der Waals surface area contributed by atoms with Gasteiger partial charge >= 0.3 is 0 Å². The van der Waals surface area contributed by atoms with Crippen LogP contribution in [0.3, 0.4) is 0 Å². The third kappa shape index (κ3) is 6.72. The van der Waals surface area contributed by atoms with Crippen LogP contribution in [0.5, 0.6) is 5.75 Å². The Balaban J connectivity index is 1.86. The molecular weight excluding hydrogens is 388 g/mol. The molecule has 0 fully saturated rings. The standard InChI is InChI=1S/C31H36O/c1-5-8-21-32-31-23-29(19-17-27-13-9-25(6-2)10-14-27)24(4)22-30(31)20-18-28-15-11-26(7-3)12-16-28/h9-20,22-23H,5-8,21H2,1-4H3/b19-17+,20-18+. The maximum Gasteiger partial charge on any atom is 0.127 e. The molecule has 0 heterocycles. The van der Waals surface area contributed by atoms with Crippen molar-refractivity contribution in [2.75, 3.05) is 6.61 Å². The molecule has 0 aliphatic rings. The Morgan fingerprint density at radius 3 is 1.69 bits per heavy atom. The van der Waals surface area contributed by atoms with Crippen LogP contribution in [0.1, 0.15) is 72.6 Å². The average molecular weight is 425 g/mol. The first-order valence-corrected chi connectivity index (χ1v) is 11.9. The topological polar surface area (TPSA) is 9.23 Å². The molecule has 0 bridgehead atoms. The van der Waals surface area contributed by atoms with Gasteiger partial charge in [-0.15, -0.1) is 0 Å². The van der Waals surface area contributed by atoms with E-state index in [-0.39, 0.29) is 0 Å². The van der Waals surface area contributed by atoms with Crippen LogP contribution in [0.15, 0.2) is 60.7 Å². The van der Waals surface area contributed by atoms with Crippen LogP contribution in [0, 0.1) is 6.92 Å². The van der Waals surface area contributed by atoms with Crippen LogP contribution in [0.2, 0.25) is 0 Å². The molecule has 0 saturated carbocycles. The first-order chi connectivity index (χ1) is 15.6. The van der Waals surface area contributed by atoms with Gasteiger partial charge in [-0.3, -0.25) is 0 Å². The lowest BCUT2D eigenvalue weighted by atomic mass is 10.0. The van der Waals surface area contributed by atoms with Crippen molar-refractivity contribution < 1.29 is 4.74 Å². The van der Waals surface area contributed by atoms with Gasteiger partial charge in [0, 0.05) is 5.56 Å². The highest BCUT2D eigenvalue weighted by molar-refractivity contribution is 5.77. The first kappa shape index (κ1) is 23.6. The van der Waals surface area contributed by atoms with Gasteiger partial charge in [0.25, 0.3) is 0 Å². The van der Waals surface area contributed by atoms with Crippen molar-refractivity contribution >= 4 is 24.3 Å². The van der Waals surface area contributed by atoms with E-state index in [1.807, 2.05) is 0 Å². The molecule has 3 rings (SSSR count). The lowest BCUT2D eigenvalue weighted by Gasteiger charge is -2.12. The van der Waals surface area contributed by atoms with Crippen LogP contribution in [0.4, 0.5) is 0 Å². The Morgan fingerprint density at radius 2 is 1.19 bits per heavy atom. The number of ether oxygens (including phenoxy) is 1. The Kier molecular flexibility index (Phi) is 8.92. The minimum Gasteiger partial charge on any atom is -0.493 e. The van der Waals surface area contributed by atoms with Crippen molar-refractivity contribution in [3.05, 3.63) is 99.6 Å². The second kappa shape index (κ2) is 12.1. The van der Waals surface area contributed by atoms with Crippen molar-refractivity contribution in [2.45, 2.75) is 53.4 Å². The summed E-state index contributed by atoms with van der Waals surface area (Å²) in [6.07, 6.45) is 13.0. The molecule has 1 nitrogen and oxygen atoms in total. The fourth-order valence-corrected chi connectivity index (χ4v) is 3.59. The van der Waals surface area contributed by atoms with Crippen molar-refractivity contribution in [1.29, 1.82) is 0 Å². The quantitative estimate of drug-likeness (QED) is 0.234. The highest BCUT2D eigenvalue weighted by atomic mass is 16.5. The summed E-state index contributed by atoms with van der Waals surface area (Å²) in [4.78, 5) is 0. The zero-order valence-electron chi connectivity index (χ0n) is 20.0. The first-order valence-electron chi connectivity index (χ1n) is 11.9. The summed E-state index contributed by atoms with van der Waals surface area (Å²) in [6, 6.07) is 21.9. The summed E-state index contributed by atoms with van der Waals surface area (Å²) in [5, 5.41) is 0. The van der Waals surface area contributed by atoms with E-state index < -0.39 is 0 Å². The zero-order chi connectivity index (χ0) is 22.8. The van der Waals surface area contributed by atoms with Crippen molar-refractivity contribution in [3.63, 3.8) is 0 Å². The van der Waals surface area contributed by atoms with Crippen LogP contribution >= 0.6 is 0 Å². The predicted octanol–water partition coefficient (Wildman–Crippen LogP) is 8.64. The van der Waals surface area contributed by atoms with E-state index in [9.17, 15) is 0 Å². The summed E-state index contributed by atoms with van der Waals surface area (Å²) < 4.78 is 6.20. The number of hydrogen-bond donors (Lipinski definition) is 0. The van der Waals surface area contributed by atoms with Gasteiger partial charge in [-0.25, -0.2) is 0 Å². The maximum atomic E-state index is 6.20. The van der Waals surface area contributed by atoms with E-state index in [0.29, 0.717) is 0 Å². The van der Waals surface area contributed by atoms with E-state index in [4.69, 9.17) is 4.74 Å². The molecule has 0 radical (unpaired) electrons. The molecule has 0 amide bonds. The minimum atomic E-state index is 0.743. The second-order valence-corrected chi connectivity index (χ2v) is 8.31. The Bertz CT molecular complexity index is 1040. The summed E-state index contributed by atoms with van der Waals surface area (Å²) in [5.41, 5.74) is 8.72. The Morgan fingerprint density at radius 1 is 0.656 bits per heavy atom. The van der Waals surface area contributed by atoms with E-state index in [2.05, 4.69) is 113 Å². The smallest absolute Gasteiger partial charge is 0.127 e. The molecule has 0 saturated heterocycles. The fraction of sp³-hybridized carbons (Fsp3) is 0.290. The molecule has 1 heteroatoms. The van der Waals surface area contributed by atoms with Crippen LogP contribution in [-0.2, 0) is 12.8 Å². The molecule has 3 aromatic rings. The van der Waals surface area contributed by atoms with Crippen LogP contribution in [0.25, 0.3) is 24.3 Å². The van der Waals surface area contributed by atoms with Gasteiger partial charge in [0.1, 0.15) is 5.75 Å². The molecule has 0 spiro atoms. The number of benzene rings is 3. The van der Waals surface area contributed by atoms with Gasteiger partial charge in [0.2, 0.25) is 0 Å². The second-order valence-electron chi connectivity index (χ2n) is 8.31. The van der Waals surface area contributed by atoms with E-state index in [1.54, 1.807) is 0 Å². The molecule has 0 aliphatic carbocycles. The fourth-order valence-electron chi connectivity index (χ4n) is 3.59. The number of hydrogen-bond acceptors (Lipinski definition) is 1. The zero-order valence-corrected chi connectivity index (χ0v) is 20.0. The summed E-state index contributed by atoms with van der Waals surface area (Å²) in [6.45, 7) is 9.47. The Labute approximate surface area is 194 Å². The maximum absolute atomic E-state index is 6.20. The SMILES string of the molecule is CCCCOc1cc(/C=C/c2ccc(CC)cc2)c(C)cc1/C=C/c1ccc(CC)cc1. The molecule has 0 unspecified atom stereocenters.